The molecule has 0 spiro atoms. The number of nitrogens with zero attached hydrogens (tertiary/aromatic N) is 1. The molecule has 0 saturated carbocycles. The van der Waals surface area contributed by atoms with Crippen molar-refractivity contribution in [3.05, 3.63) is 128 Å². The summed E-state index contributed by atoms with van der Waals surface area (Å²) in [6, 6.07) is 25.8. The number of hydrogen-bond acceptors (Lipinski definition) is 8. The number of hydrogen-bond donors (Lipinski definition) is 1. The van der Waals surface area contributed by atoms with E-state index in [9.17, 15) is 9.59 Å². The molecule has 5 rings (SSSR count). The van der Waals surface area contributed by atoms with Crippen LogP contribution in [0, 0.1) is 6.92 Å². The molecule has 0 unspecified atom stereocenters. The average Bonchev–Trinajstić information content (AvgIpc) is 3.47. The first-order chi connectivity index (χ1) is 23.8. The van der Waals surface area contributed by atoms with Gasteiger partial charge in [0.15, 0.2) is 0 Å². The summed E-state index contributed by atoms with van der Waals surface area (Å²) >= 11 is 0. The number of aryl methyl sites for hydroxylation is 1. The van der Waals surface area contributed by atoms with Crippen LogP contribution in [0.15, 0.2) is 94.6 Å². The molecule has 10 nitrogen and oxygen atoms in total. The molecular formula is C39H50N2O8Si. The van der Waals surface area contributed by atoms with E-state index in [0.29, 0.717) is 23.5 Å². The minimum Gasteiger partial charge on any atom is -0.497 e. The fourth-order valence-electron chi connectivity index (χ4n) is 6.91. The Bertz CT molecular complexity index is 1790. The highest BCUT2D eigenvalue weighted by Gasteiger charge is 2.56. The molecule has 0 radical (unpaired) electrons. The molecule has 11 heteroatoms. The van der Waals surface area contributed by atoms with Crippen LogP contribution in [0.5, 0.6) is 11.5 Å². The van der Waals surface area contributed by atoms with Gasteiger partial charge in [-0.3, -0.25) is 14.3 Å². The molecule has 50 heavy (non-hydrogen) atoms. The molecule has 1 aliphatic heterocycles. The van der Waals surface area contributed by atoms with Gasteiger partial charge in [-0.1, -0.05) is 67.7 Å². The van der Waals surface area contributed by atoms with Crippen LogP contribution in [0.1, 0.15) is 49.4 Å². The predicted octanol–water partition coefficient (Wildman–Crippen LogP) is 5.54. The maximum absolute atomic E-state index is 13.5. The highest BCUT2D eigenvalue weighted by atomic mass is 28.3. The minimum absolute atomic E-state index is 0.158. The molecule has 0 amide bonds. The summed E-state index contributed by atoms with van der Waals surface area (Å²) in [6.07, 6.45) is 0.120. The fraction of sp³-hybridized carbons (Fsp3) is 0.436. The lowest BCUT2D eigenvalue weighted by Crippen LogP contribution is -2.53. The summed E-state index contributed by atoms with van der Waals surface area (Å²) in [5.41, 5.74) is 0.383. The molecule has 0 aliphatic carbocycles. The monoisotopic (exact) mass is 702 g/mol. The van der Waals surface area contributed by atoms with Gasteiger partial charge in [0, 0.05) is 25.3 Å². The van der Waals surface area contributed by atoms with E-state index in [0.717, 1.165) is 16.7 Å². The number of H-pyrrole nitrogens is 1. The number of ether oxygens (including phenoxy) is 6. The largest absolute Gasteiger partial charge is 0.497 e. The predicted molar refractivity (Wildman–Crippen MR) is 196 cm³/mol. The zero-order valence-corrected chi connectivity index (χ0v) is 31.7. The molecule has 1 aliphatic rings. The quantitative estimate of drug-likeness (QED) is 0.143. The molecule has 1 N–H and O–H groups in total. The SMILES string of the molecule is COC[C@H](OC(c1ccccc1)(c1ccc(OC)cc1)c1ccc(OC)cc1)[C@H]1O[C@](n2cc(C)c(=O)[nH]c2=O)([SiH](C)C)C[C@@H]1OC(C)(C)C. The van der Waals surface area contributed by atoms with Gasteiger partial charge in [-0.05, 0) is 68.7 Å². The van der Waals surface area contributed by atoms with E-state index in [1.807, 2.05) is 99.6 Å². The third kappa shape index (κ3) is 7.38. The van der Waals surface area contributed by atoms with Gasteiger partial charge in [0.25, 0.3) is 5.56 Å². The van der Waals surface area contributed by atoms with Gasteiger partial charge in [0.05, 0.1) is 41.3 Å². The van der Waals surface area contributed by atoms with Crippen molar-refractivity contribution in [3.8, 4) is 11.5 Å². The Morgan fingerprint density at radius 2 is 1.42 bits per heavy atom. The zero-order valence-electron chi connectivity index (χ0n) is 30.5. The summed E-state index contributed by atoms with van der Waals surface area (Å²) in [4.78, 5) is 28.5. The van der Waals surface area contributed by atoms with Crippen molar-refractivity contribution in [1.29, 1.82) is 0 Å². The lowest BCUT2D eigenvalue weighted by atomic mass is 9.79. The van der Waals surface area contributed by atoms with Crippen LogP contribution in [0.3, 0.4) is 0 Å². The summed E-state index contributed by atoms with van der Waals surface area (Å²) in [5.74, 6) is 1.43. The first-order valence-electron chi connectivity index (χ1n) is 17.0. The Kier molecular flexibility index (Phi) is 11.2. The Labute approximate surface area is 295 Å². The maximum Gasteiger partial charge on any atom is 0.330 e. The van der Waals surface area contributed by atoms with Crippen LogP contribution in [0.2, 0.25) is 13.1 Å². The van der Waals surface area contributed by atoms with Gasteiger partial charge in [-0.2, -0.15) is 0 Å². The van der Waals surface area contributed by atoms with Gasteiger partial charge in [-0.15, -0.1) is 0 Å². The third-order valence-corrected chi connectivity index (χ3v) is 11.8. The van der Waals surface area contributed by atoms with Crippen molar-refractivity contribution in [2.75, 3.05) is 27.9 Å². The first kappa shape index (κ1) is 37.3. The lowest BCUT2D eigenvalue weighted by molar-refractivity contribution is -0.185. The number of nitrogens with one attached hydrogen (secondary N) is 1. The minimum atomic E-state index is -1.89. The summed E-state index contributed by atoms with van der Waals surface area (Å²) in [5, 5.41) is -1.03. The van der Waals surface area contributed by atoms with E-state index in [1.54, 1.807) is 39.0 Å². The van der Waals surface area contributed by atoms with E-state index in [2.05, 4.69) is 18.1 Å². The molecule has 4 atom stereocenters. The molecule has 3 aromatic carbocycles. The van der Waals surface area contributed by atoms with Gasteiger partial charge >= 0.3 is 5.69 Å². The van der Waals surface area contributed by atoms with Gasteiger partial charge in [0.2, 0.25) is 0 Å². The molecule has 4 aromatic rings. The molecule has 1 fully saturated rings. The van der Waals surface area contributed by atoms with E-state index < -0.39 is 54.9 Å². The topological polar surface area (TPSA) is 110 Å². The van der Waals surface area contributed by atoms with E-state index in [4.69, 9.17) is 28.4 Å². The number of aromatic nitrogens is 2. The summed E-state index contributed by atoms with van der Waals surface area (Å²) < 4.78 is 40.1. The van der Waals surface area contributed by atoms with E-state index >= 15 is 0 Å². The Hall–Kier alpha value is -4.00. The van der Waals surface area contributed by atoms with Crippen molar-refractivity contribution in [1.82, 2.24) is 9.55 Å². The molecule has 1 saturated heterocycles. The van der Waals surface area contributed by atoms with Crippen LogP contribution < -0.4 is 20.7 Å². The molecule has 0 bridgehead atoms. The lowest BCUT2D eigenvalue weighted by Gasteiger charge is -2.42. The maximum atomic E-state index is 13.5. The normalized spacial score (nSPS) is 20.2. The first-order valence-corrected chi connectivity index (χ1v) is 19.9. The summed E-state index contributed by atoms with van der Waals surface area (Å²) in [6.45, 7) is 12.1. The van der Waals surface area contributed by atoms with Crippen molar-refractivity contribution >= 4 is 8.80 Å². The second kappa shape index (κ2) is 15.1. The fourth-order valence-corrected chi connectivity index (χ4v) is 8.79. The summed E-state index contributed by atoms with van der Waals surface area (Å²) in [7, 11) is 3.02. The smallest absolute Gasteiger partial charge is 0.330 e. The average molecular weight is 703 g/mol. The van der Waals surface area contributed by atoms with Gasteiger partial charge < -0.3 is 28.4 Å². The van der Waals surface area contributed by atoms with Crippen LogP contribution in [0.4, 0.5) is 0 Å². The standard InChI is InChI=1S/C39H50N2O8Si/c1-26-24-41(36(43)40-35(26)42)38(50(8)9)23-32(47-37(2,3)4)34(49-38)33(25-44-5)48-39(27-13-11-10-12-14-27,28-15-19-30(45-6)20-16-28)29-17-21-31(46-7)22-18-29/h10-22,24,32-34,50H,23,25H2,1-9H3,(H,40,42,43)/t32-,33-,34-,38-/m0/s1. The Morgan fingerprint density at radius 1 is 0.880 bits per heavy atom. The highest BCUT2D eigenvalue weighted by Crippen LogP contribution is 2.47. The van der Waals surface area contributed by atoms with Crippen LogP contribution in [-0.2, 0) is 29.9 Å². The van der Waals surface area contributed by atoms with E-state index in [-0.39, 0.29) is 6.61 Å². The Morgan fingerprint density at radius 3 is 1.90 bits per heavy atom. The molecule has 268 valence electrons. The van der Waals surface area contributed by atoms with Crippen molar-refractivity contribution in [2.45, 2.75) is 82.1 Å². The van der Waals surface area contributed by atoms with E-state index in [1.165, 1.54) is 0 Å². The zero-order chi connectivity index (χ0) is 36.3. The number of rotatable bonds is 13. The van der Waals surface area contributed by atoms with Gasteiger partial charge in [0.1, 0.15) is 34.7 Å². The van der Waals surface area contributed by atoms with Crippen molar-refractivity contribution < 1.29 is 28.4 Å². The molecular weight excluding hydrogens is 653 g/mol. The van der Waals surface area contributed by atoms with Crippen LogP contribution in [-0.4, -0.2) is 70.2 Å². The second-order valence-corrected chi connectivity index (χ2v) is 17.3. The number of benzene rings is 3. The van der Waals surface area contributed by atoms with Crippen molar-refractivity contribution in [2.24, 2.45) is 0 Å². The molecule has 1 aromatic heterocycles. The number of methoxy groups -OCH3 is 3. The molecule has 2 heterocycles. The van der Waals surface area contributed by atoms with Gasteiger partial charge in [-0.25, -0.2) is 4.79 Å². The highest BCUT2D eigenvalue weighted by molar-refractivity contribution is 6.58. The third-order valence-electron chi connectivity index (χ3n) is 9.33. The Balaban J connectivity index is 1.74. The van der Waals surface area contributed by atoms with Crippen molar-refractivity contribution in [3.63, 3.8) is 0 Å². The van der Waals surface area contributed by atoms with Crippen LogP contribution >= 0.6 is 0 Å². The number of aromatic amines is 1. The second-order valence-electron chi connectivity index (χ2n) is 14.1. The van der Waals surface area contributed by atoms with Crippen LogP contribution in [0.25, 0.3) is 0 Å².